The van der Waals surface area contributed by atoms with Crippen LogP contribution in [0.2, 0.25) is 0 Å². The van der Waals surface area contributed by atoms with Crippen molar-refractivity contribution >= 4 is 11.7 Å². The number of hydrogen-bond donors (Lipinski definition) is 3. The predicted molar refractivity (Wildman–Crippen MR) is 82.6 cm³/mol. The third-order valence-electron chi connectivity index (χ3n) is 4.10. The molecule has 1 aliphatic rings. The Bertz CT molecular complexity index is 459. The molecule has 1 aromatic rings. The summed E-state index contributed by atoms with van der Waals surface area (Å²) >= 11 is 0. The minimum atomic E-state index is -0.120. The Morgan fingerprint density at radius 1 is 1.35 bits per heavy atom. The molecule has 0 aliphatic heterocycles. The monoisotopic (exact) mass is 275 g/mol. The number of carbonyl (C=O) groups is 1. The molecule has 3 unspecified atom stereocenters. The third kappa shape index (κ3) is 3.97. The lowest BCUT2D eigenvalue weighted by Gasteiger charge is -2.29. The van der Waals surface area contributed by atoms with Crippen molar-refractivity contribution in [3.63, 3.8) is 0 Å². The fourth-order valence-corrected chi connectivity index (χ4v) is 2.77. The van der Waals surface area contributed by atoms with Gasteiger partial charge >= 0.3 is 6.03 Å². The van der Waals surface area contributed by atoms with Crippen LogP contribution in [0.5, 0.6) is 0 Å². The Hall–Kier alpha value is -1.55. The zero-order chi connectivity index (χ0) is 14.5. The highest BCUT2D eigenvalue weighted by atomic mass is 16.2. The molecule has 0 saturated heterocycles. The van der Waals surface area contributed by atoms with Crippen LogP contribution in [0.3, 0.4) is 0 Å². The van der Waals surface area contributed by atoms with E-state index in [9.17, 15) is 4.79 Å². The normalized spacial score (nSPS) is 23.9. The van der Waals surface area contributed by atoms with Gasteiger partial charge in [0, 0.05) is 17.8 Å². The number of urea groups is 1. The van der Waals surface area contributed by atoms with Gasteiger partial charge < -0.3 is 16.4 Å². The van der Waals surface area contributed by atoms with Gasteiger partial charge in [-0.1, -0.05) is 31.9 Å². The summed E-state index contributed by atoms with van der Waals surface area (Å²) in [6.07, 6.45) is 4.76. The van der Waals surface area contributed by atoms with Crippen molar-refractivity contribution in [1.82, 2.24) is 5.32 Å². The zero-order valence-corrected chi connectivity index (χ0v) is 12.4. The van der Waals surface area contributed by atoms with Crippen LogP contribution in [-0.4, -0.2) is 12.1 Å². The summed E-state index contributed by atoms with van der Waals surface area (Å²) in [5.41, 5.74) is 7.67. The van der Waals surface area contributed by atoms with E-state index in [1.54, 1.807) is 0 Å². The lowest BCUT2D eigenvalue weighted by Crippen LogP contribution is -2.43. The number of amides is 2. The van der Waals surface area contributed by atoms with E-state index in [1.165, 1.54) is 19.3 Å². The van der Waals surface area contributed by atoms with Crippen molar-refractivity contribution in [3.8, 4) is 0 Å². The van der Waals surface area contributed by atoms with E-state index in [2.05, 4.69) is 17.6 Å². The van der Waals surface area contributed by atoms with Crippen molar-refractivity contribution in [2.24, 2.45) is 11.7 Å². The number of rotatable bonds is 3. The molecule has 1 fully saturated rings. The molecule has 1 aromatic carbocycles. The molecule has 0 spiro atoms. The minimum absolute atomic E-state index is 0.0295. The Morgan fingerprint density at radius 2 is 2.10 bits per heavy atom. The largest absolute Gasteiger partial charge is 0.335 e. The maximum absolute atomic E-state index is 12.1. The van der Waals surface area contributed by atoms with Gasteiger partial charge in [0.05, 0.1) is 0 Å². The van der Waals surface area contributed by atoms with Crippen LogP contribution in [0, 0.1) is 5.92 Å². The average Bonchev–Trinajstić information content (AvgIpc) is 2.41. The van der Waals surface area contributed by atoms with Gasteiger partial charge in [0.1, 0.15) is 0 Å². The molecule has 110 valence electrons. The van der Waals surface area contributed by atoms with Gasteiger partial charge in [0.2, 0.25) is 0 Å². The molecule has 4 N–H and O–H groups in total. The molecule has 2 rings (SSSR count). The van der Waals surface area contributed by atoms with E-state index >= 15 is 0 Å². The number of nitrogens with two attached hydrogens (primary N) is 1. The van der Waals surface area contributed by atoms with E-state index in [1.807, 2.05) is 31.2 Å². The van der Waals surface area contributed by atoms with Gasteiger partial charge in [-0.15, -0.1) is 0 Å². The molecule has 1 saturated carbocycles. The van der Waals surface area contributed by atoms with Crippen molar-refractivity contribution in [2.45, 2.75) is 51.6 Å². The lowest BCUT2D eigenvalue weighted by molar-refractivity contribution is 0.232. The van der Waals surface area contributed by atoms with Gasteiger partial charge in [-0.3, -0.25) is 0 Å². The van der Waals surface area contributed by atoms with Crippen molar-refractivity contribution in [2.75, 3.05) is 5.32 Å². The molecule has 0 aromatic heterocycles. The summed E-state index contributed by atoms with van der Waals surface area (Å²) in [4.78, 5) is 12.1. The van der Waals surface area contributed by atoms with Crippen LogP contribution in [0.4, 0.5) is 10.5 Å². The van der Waals surface area contributed by atoms with E-state index < -0.39 is 0 Å². The number of anilines is 1. The highest BCUT2D eigenvalue weighted by molar-refractivity contribution is 5.89. The molecule has 3 atom stereocenters. The summed E-state index contributed by atoms with van der Waals surface area (Å²) < 4.78 is 0. The highest BCUT2D eigenvalue weighted by Crippen LogP contribution is 2.24. The molecule has 4 nitrogen and oxygen atoms in total. The van der Waals surface area contributed by atoms with Crippen LogP contribution < -0.4 is 16.4 Å². The number of carbonyl (C=O) groups excluding carboxylic acids is 1. The lowest BCUT2D eigenvalue weighted by atomic mass is 9.86. The van der Waals surface area contributed by atoms with E-state index in [4.69, 9.17) is 5.73 Å². The highest BCUT2D eigenvalue weighted by Gasteiger charge is 2.22. The molecule has 0 radical (unpaired) electrons. The summed E-state index contributed by atoms with van der Waals surface area (Å²) in [5, 5.41) is 5.98. The first-order valence-electron chi connectivity index (χ1n) is 7.49. The maximum Gasteiger partial charge on any atom is 0.319 e. The molecule has 1 aliphatic carbocycles. The third-order valence-corrected chi connectivity index (χ3v) is 4.10. The van der Waals surface area contributed by atoms with Gasteiger partial charge in [-0.05, 0) is 43.4 Å². The summed E-state index contributed by atoms with van der Waals surface area (Å²) in [5.74, 6) is 0.560. The first-order chi connectivity index (χ1) is 9.56. The van der Waals surface area contributed by atoms with E-state index in [-0.39, 0.29) is 12.1 Å². The van der Waals surface area contributed by atoms with Crippen LogP contribution in [-0.2, 0) is 0 Å². The summed E-state index contributed by atoms with van der Waals surface area (Å²) in [7, 11) is 0. The van der Waals surface area contributed by atoms with Gasteiger partial charge in [0.25, 0.3) is 0 Å². The first-order valence-corrected chi connectivity index (χ1v) is 7.49. The predicted octanol–water partition coefficient (Wildman–Crippen LogP) is 3.41. The average molecular weight is 275 g/mol. The first kappa shape index (κ1) is 14.9. The second-order valence-corrected chi connectivity index (χ2v) is 5.88. The summed E-state index contributed by atoms with van der Waals surface area (Å²) in [6, 6.07) is 7.84. The number of hydrogen-bond acceptors (Lipinski definition) is 2. The topological polar surface area (TPSA) is 67.1 Å². The second kappa shape index (κ2) is 6.75. The molecule has 20 heavy (non-hydrogen) atoms. The SMILES string of the molecule is CC(N)c1cccc(NC(=O)NC2CCCCC2C)c1. The fourth-order valence-electron chi connectivity index (χ4n) is 2.77. The van der Waals surface area contributed by atoms with Gasteiger partial charge in [0.15, 0.2) is 0 Å². The Balaban J connectivity index is 1.92. The molecule has 0 heterocycles. The molecule has 2 amide bonds. The smallest absolute Gasteiger partial charge is 0.319 e. The molecule has 4 heteroatoms. The zero-order valence-electron chi connectivity index (χ0n) is 12.4. The van der Waals surface area contributed by atoms with E-state index in [0.717, 1.165) is 17.7 Å². The summed E-state index contributed by atoms with van der Waals surface area (Å²) in [6.45, 7) is 4.14. The molecule has 0 bridgehead atoms. The Kier molecular flexibility index (Phi) is 5.01. The van der Waals surface area contributed by atoms with Gasteiger partial charge in [-0.2, -0.15) is 0 Å². The van der Waals surface area contributed by atoms with E-state index in [0.29, 0.717) is 12.0 Å². The standard InChI is InChI=1S/C16H25N3O/c1-11-6-3-4-9-15(11)19-16(20)18-14-8-5-7-13(10-14)12(2)17/h5,7-8,10-12,15H,3-4,6,9,17H2,1-2H3,(H2,18,19,20). The van der Waals surface area contributed by atoms with Crippen molar-refractivity contribution in [1.29, 1.82) is 0 Å². The number of nitrogens with one attached hydrogen (secondary N) is 2. The van der Waals surface area contributed by atoms with Crippen molar-refractivity contribution < 1.29 is 4.79 Å². The maximum atomic E-state index is 12.1. The Labute approximate surface area is 121 Å². The van der Waals surface area contributed by atoms with Gasteiger partial charge in [-0.25, -0.2) is 4.79 Å². The van der Waals surface area contributed by atoms with Crippen LogP contribution in [0.15, 0.2) is 24.3 Å². The quantitative estimate of drug-likeness (QED) is 0.791. The molecular formula is C16H25N3O. The minimum Gasteiger partial charge on any atom is -0.335 e. The molecular weight excluding hydrogens is 250 g/mol. The number of benzene rings is 1. The fraction of sp³-hybridized carbons (Fsp3) is 0.562. The van der Waals surface area contributed by atoms with Crippen LogP contribution >= 0.6 is 0 Å². The second-order valence-electron chi connectivity index (χ2n) is 5.88. The van der Waals surface area contributed by atoms with Crippen LogP contribution in [0.25, 0.3) is 0 Å². The Morgan fingerprint density at radius 3 is 2.80 bits per heavy atom. The van der Waals surface area contributed by atoms with Crippen LogP contribution in [0.1, 0.15) is 51.1 Å². The van der Waals surface area contributed by atoms with Crippen molar-refractivity contribution in [3.05, 3.63) is 29.8 Å².